The highest BCUT2D eigenvalue weighted by atomic mass is 16.5. The van der Waals surface area contributed by atoms with Crippen molar-refractivity contribution in [3.05, 3.63) is 41.6 Å². The van der Waals surface area contributed by atoms with Crippen LogP contribution in [0.3, 0.4) is 0 Å². The van der Waals surface area contributed by atoms with E-state index in [2.05, 4.69) is 31.2 Å². The van der Waals surface area contributed by atoms with Gasteiger partial charge < -0.3 is 10.1 Å². The van der Waals surface area contributed by atoms with Crippen LogP contribution in [0.4, 0.5) is 5.82 Å². The molecule has 1 aliphatic heterocycles. The smallest absolute Gasteiger partial charge is 0.226 e. The minimum Gasteiger partial charge on any atom is -0.494 e. The predicted molar refractivity (Wildman–Crippen MR) is 89.9 cm³/mol. The Bertz CT molecular complexity index is 728. The molecule has 1 aromatic carbocycles. The van der Waals surface area contributed by atoms with Crippen molar-refractivity contribution in [3.8, 4) is 5.75 Å². The predicted octanol–water partition coefficient (Wildman–Crippen LogP) is 3.51. The molecule has 0 saturated carbocycles. The minimum atomic E-state index is -0.192. The number of nitrogens with one attached hydrogen (secondary N) is 1. The lowest BCUT2D eigenvalue weighted by molar-refractivity contribution is -0.116. The largest absolute Gasteiger partial charge is 0.494 e. The molecule has 2 heterocycles. The van der Waals surface area contributed by atoms with Gasteiger partial charge in [0.2, 0.25) is 5.91 Å². The van der Waals surface area contributed by atoms with Crippen molar-refractivity contribution in [1.29, 1.82) is 0 Å². The second-order valence-corrected chi connectivity index (χ2v) is 6.81. The number of hydrogen-bond acceptors (Lipinski definition) is 3. The molecule has 122 valence electrons. The van der Waals surface area contributed by atoms with E-state index in [0.29, 0.717) is 13.0 Å². The van der Waals surface area contributed by atoms with Crippen LogP contribution in [0.15, 0.2) is 30.5 Å². The Kier molecular flexibility index (Phi) is 3.88. The number of aromatic nitrogens is 2. The van der Waals surface area contributed by atoms with E-state index >= 15 is 0 Å². The third kappa shape index (κ3) is 2.83. The van der Waals surface area contributed by atoms with Gasteiger partial charge in [0.25, 0.3) is 0 Å². The molecule has 2 aromatic rings. The highest BCUT2D eigenvalue weighted by Gasteiger charge is 2.33. The van der Waals surface area contributed by atoms with Crippen LogP contribution in [0.25, 0.3) is 0 Å². The van der Waals surface area contributed by atoms with Crippen LogP contribution in [0.5, 0.6) is 5.75 Å². The highest BCUT2D eigenvalue weighted by Crippen LogP contribution is 2.41. The van der Waals surface area contributed by atoms with Gasteiger partial charge in [0.05, 0.1) is 18.3 Å². The van der Waals surface area contributed by atoms with Crippen molar-refractivity contribution in [2.75, 3.05) is 11.9 Å². The van der Waals surface area contributed by atoms with Gasteiger partial charge in [-0.1, -0.05) is 18.2 Å². The maximum atomic E-state index is 12.3. The van der Waals surface area contributed by atoms with Crippen molar-refractivity contribution in [3.63, 3.8) is 0 Å². The fraction of sp³-hybridized carbons (Fsp3) is 0.444. The zero-order chi connectivity index (χ0) is 16.6. The number of fused-ring (bicyclic) bond motifs is 1. The van der Waals surface area contributed by atoms with E-state index in [9.17, 15) is 4.79 Å². The molecule has 0 radical (unpaired) electrons. The van der Waals surface area contributed by atoms with Gasteiger partial charge in [-0.05, 0) is 33.8 Å². The lowest BCUT2D eigenvalue weighted by Crippen LogP contribution is -2.30. The molecular weight excluding hydrogens is 290 g/mol. The summed E-state index contributed by atoms with van der Waals surface area (Å²) in [6.45, 7) is 8.79. The van der Waals surface area contributed by atoms with Crippen LogP contribution in [-0.2, 0) is 10.3 Å². The average molecular weight is 313 g/mol. The fourth-order valence-electron chi connectivity index (χ4n) is 3.06. The van der Waals surface area contributed by atoms with Crippen molar-refractivity contribution >= 4 is 11.7 Å². The van der Waals surface area contributed by atoms with Crippen molar-refractivity contribution in [2.24, 2.45) is 0 Å². The number of rotatable bonds is 3. The first-order valence-electron chi connectivity index (χ1n) is 8.01. The van der Waals surface area contributed by atoms with E-state index in [1.54, 1.807) is 0 Å². The zero-order valence-electron chi connectivity index (χ0n) is 14.1. The standard InChI is InChI=1S/C18H23N3O2/c1-5-23-15-9-7-6-8-12(15)13-10-16(22)20-17-14(13)11-19-21(17)18(2,3)4/h6-9,11,13H,5,10H2,1-4H3,(H,20,22). The molecule has 1 atom stereocenters. The second kappa shape index (κ2) is 5.72. The molecular formula is C18H23N3O2. The molecule has 0 fully saturated rings. The maximum absolute atomic E-state index is 12.3. The minimum absolute atomic E-state index is 0.0137. The number of hydrogen-bond donors (Lipinski definition) is 1. The number of amides is 1. The molecule has 1 amide bonds. The first-order valence-corrected chi connectivity index (χ1v) is 8.01. The fourth-order valence-corrected chi connectivity index (χ4v) is 3.06. The molecule has 1 aromatic heterocycles. The molecule has 0 spiro atoms. The van der Waals surface area contributed by atoms with Crippen molar-refractivity contribution in [1.82, 2.24) is 9.78 Å². The quantitative estimate of drug-likeness (QED) is 0.943. The number of anilines is 1. The molecule has 0 bridgehead atoms. The van der Waals surface area contributed by atoms with Crippen molar-refractivity contribution < 1.29 is 9.53 Å². The van der Waals surface area contributed by atoms with E-state index in [0.717, 1.165) is 22.7 Å². The van der Waals surface area contributed by atoms with Crippen LogP contribution >= 0.6 is 0 Å². The molecule has 0 aliphatic carbocycles. The SMILES string of the molecule is CCOc1ccccc1C1CC(=O)Nc2c1cnn2C(C)(C)C. The summed E-state index contributed by atoms with van der Waals surface area (Å²) in [6.07, 6.45) is 2.28. The molecule has 5 nitrogen and oxygen atoms in total. The number of carbonyl (C=O) groups is 1. The third-order valence-corrected chi connectivity index (χ3v) is 4.05. The Balaban J connectivity index is 2.10. The van der Waals surface area contributed by atoms with Gasteiger partial charge in [-0.3, -0.25) is 4.79 Å². The number of carbonyl (C=O) groups excluding carboxylic acids is 1. The second-order valence-electron chi connectivity index (χ2n) is 6.81. The van der Waals surface area contributed by atoms with Crippen LogP contribution in [0.1, 0.15) is 51.2 Å². The highest BCUT2D eigenvalue weighted by molar-refractivity contribution is 5.94. The van der Waals surface area contributed by atoms with Crippen LogP contribution in [-0.4, -0.2) is 22.3 Å². The van der Waals surface area contributed by atoms with E-state index < -0.39 is 0 Å². The summed E-state index contributed by atoms with van der Waals surface area (Å²) in [5.74, 6) is 1.62. The zero-order valence-corrected chi connectivity index (χ0v) is 14.1. The molecule has 3 rings (SSSR count). The average Bonchev–Trinajstić information content (AvgIpc) is 2.91. The molecule has 1 aliphatic rings. The summed E-state index contributed by atoms with van der Waals surface area (Å²) in [6, 6.07) is 7.93. The number of nitrogens with zero attached hydrogens (tertiary/aromatic N) is 2. The Morgan fingerprint density at radius 3 is 2.74 bits per heavy atom. The molecule has 23 heavy (non-hydrogen) atoms. The van der Waals surface area contributed by atoms with Gasteiger partial charge in [-0.25, -0.2) is 4.68 Å². The summed E-state index contributed by atoms with van der Waals surface area (Å²) in [5, 5.41) is 7.50. The molecule has 5 heteroatoms. The summed E-state index contributed by atoms with van der Waals surface area (Å²) in [5.41, 5.74) is 1.90. The van der Waals surface area contributed by atoms with Gasteiger partial charge in [-0.15, -0.1) is 0 Å². The van der Waals surface area contributed by atoms with E-state index in [4.69, 9.17) is 4.74 Å². The Labute approximate surface area is 136 Å². The summed E-state index contributed by atoms with van der Waals surface area (Å²) < 4.78 is 7.64. The van der Waals surface area contributed by atoms with E-state index in [1.807, 2.05) is 42.1 Å². The van der Waals surface area contributed by atoms with Crippen LogP contribution in [0.2, 0.25) is 0 Å². The van der Waals surface area contributed by atoms with Crippen molar-refractivity contribution in [2.45, 2.75) is 45.6 Å². The van der Waals surface area contributed by atoms with Gasteiger partial charge in [0.1, 0.15) is 11.6 Å². The summed E-state index contributed by atoms with van der Waals surface area (Å²) in [4.78, 5) is 12.3. The Morgan fingerprint density at radius 2 is 2.04 bits per heavy atom. The lowest BCUT2D eigenvalue weighted by atomic mass is 9.86. The molecule has 0 saturated heterocycles. The number of para-hydroxylation sites is 1. The first kappa shape index (κ1) is 15.6. The normalized spacial score (nSPS) is 17.6. The van der Waals surface area contributed by atoms with E-state index in [-0.39, 0.29) is 17.4 Å². The first-order chi connectivity index (χ1) is 10.9. The Hall–Kier alpha value is -2.30. The topological polar surface area (TPSA) is 56.1 Å². The number of ether oxygens (including phenoxy) is 1. The van der Waals surface area contributed by atoms with Crippen LogP contribution in [0, 0.1) is 0 Å². The molecule has 1 N–H and O–H groups in total. The Morgan fingerprint density at radius 1 is 1.30 bits per heavy atom. The van der Waals surface area contributed by atoms with E-state index in [1.165, 1.54) is 0 Å². The summed E-state index contributed by atoms with van der Waals surface area (Å²) in [7, 11) is 0. The lowest BCUT2D eigenvalue weighted by Gasteiger charge is -2.28. The molecule has 1 unspecified atom stereocenters. The summed E-state index contributed by atoms with van der Waals surface area (Å²) >= 11 is 0. The van der Waals surface area contributed by atoms with Gasteiger partial charge in [0.15, 0.2) is 0 Å². The third-order valence-electron chi connectivity index (χ3n) is 4.05. The van der Waals surface area contributed by atoms with Gasteiger partial charge in [-0.2, -0.15) is 5.10 Å². The maximum Gasteiger partial charge on any atom is 0.226 e. The number of benzene rings is 1. The van der Waals surface area contributed by atoms with Gasteiger partial charge >= 0.3 is 0 Å². The monoisotopic (exact) mass is 313 g/mol. The van der Waals surface area contributed by atoms with Gasteiger partial charge in [0, 0.05) is 23.5 Å². The van der Waals surface area contributed by atoms with Crippen LogP contribution < -0.4 is 10.1 Å².